The lowest BCUT2D eigenvalue weighted by atomic mass is 10.1. The van der Waals surface area contributed by atoms with E-state index in [0.717, 1.165) is 5.56 Å². The predicted molar refractivity (Wildman–Crippen MR) is 106 cm³/mol. The molecule has 3 rings (SSSR count). The number of hydrogen-bond acceptors (Lipinski definition) is 7. The van der Waals surface area contributed by atoms with E-state index in [1.807, 2.05) is 23.6 Å². The van der Waals surface area contributed by atoms with Crippen LogP contribution < -0.4 is 19.5 Å². The quantitative estimate of drug-likeness (QED) is 0.655. The molecule has 0 radical (unpaired) electrons. The fraction of sp³-hybridized carbons (Fsp3) is 0.150. The van der Waals surface area contributed by atoms with Crippen molar-refractivity contribution in [2.45, 2.75) is 0 Å². The third-order valence-electron chi connectivity index (χ3n) is 3.80. The zero-order chi connectivity index (χ0) is 19.9. The summed E-state index contributed by atoms with van der Waals surface area (Å²) < 4.78 is 16.0. The molecular weight excluding hydrogens is 378 g/mol. The second kappa shape index (κ2) is 8.88. The van der Waals surface area contributed by atoms with Crippen LogP contribution in [0, 0.1) is 11.3 Å². The van der Waals surface area contributed by atoms with Crippen LogP contribution in [0.3, 0.4) is 0 Å². The van der Waals surface area contributed by atoms with Gasteiger partial charge in [-0.3, -0.25) is 10.1 Å². The van der Waals surface area contributed by atoms with Crippen LogP contribution in [0.15, 0.2) is 47.8 Å². The second-order valence-corrected chi connectivity index (χ2v) is 6.41. The van der Waals surface area contributed by atoms with Crippen LogP contribution >= 0.6 is 11.3 Å². The first kappa shape index (κ1) is 19.2. The number of anilines is 1. The molecule has 7 nitrogen and oxygen atoms in total. The highest BCUT2D eigenvalue weighted by molar-refractivity contribution is 7.14. The smallest absolute Gasteiger partial charge is 0.264 e. The molecule has 0 bridgehead atoms. The molecular formula is C20H17N3O4S. The first-order chi connectivity index (χ1) is 13.6. The Balaban J connectivity index is 1.66. The van der Waals surface area contributed by atoms with Crippen molar-refractivity contribution in [1.82, 2.24) is 4.98 Å². The number of ether oxygens (including phenoxy) is 3. The highest BCUT2D eigenvalue weighted by Gasteiger charge is 2.13. The van der Waals surface area contributed by atoms with Crippen molar-refractivity contribution >= 4 is 22.4 Å². The fourth-order valence-electron chi connectivity index (χ4n) is 2.45. The molecule has 0 spiro atoms. The summed E-state index contributed by atoms with van der Waals surface area (Å²) in [4.78, 5) is 16.6. The summed E-state index contributed by atoms with van der Waals surface area (Å²) >= 11 is 1.29. The maximum absolute atomic E-state index is 12.1. The maximum Gasteiger partial charge on any atom is 0.264 e. The Morgan fingerprint density at radius 2 is 2.00 bits per heavy atom. The summed E-state index contributed by atoms with van der Waals surface area (Å²) in [7, 11) is 3.16. The van der Waals surface area contributed by atoms with Crippen LogP contribution in [0.25, 0.3) is 11.3 Å². The first-order valence-corrected chi connectivity index (χ1v) is 9.12. The number of nitrogens with one attached hydrogen (secondary N) is 1. The number of hydrogen-bond donors (Lipinski definition) is 1. The molecule has 142 valence electrons. The molecule has 1 aromatic heterocycles. The average molecular weight is 395 g/mol. The van der Waals surface area contributed by atoms with Crippen LogP contribution in [0.1, 0.15) is 5.56 Å². The van der Waals surface area contributed by atoms with Gasteiger partial charge in [0.1, 0.15) is 23.3 Å². The number of aromatic nitrogens is 1. The van der Waals surface area contributed by atoms with Gasteiger partial charge in [-0.2, -0.15) is 5.26 Å². The highest BCUT2D eigenvalue weighted by Crippen LogP contribution is 2.34. The molecule has 0 atom stereocenters. The molecule has 3 aromatic rings. The minimum Gasteiger partial charge on any atom is -0.497 e. The minimum atomic E-state index is -0.365. The van der Waals surface area contributed by atoms with E-state index in [4.69, 9.17) is 19.5 Å². The number of carbonyl (C=O) groups is 1. The van der Waals surface area contributed by atoms with Crippen LogP contribution in [0.4, 0.5) is 5.13 Å². The van der Waals surface area contributed by atoms with Gasteiger partial charge in [-0.25, -0.2) is 4.98 Å². The number of nitrogens with zero attached hydrogens (tertiary/aromatic N) is 2. The van der Waals surface area contributed by atoms with Crippen molar-refractivity contribution < 1.29 is 19.0 Å². The van der Waals surface area contributed by atoms with Crippen molar-refractivity contribution in [2.75, 3.05) is 26.1 Å². The first-order valence-electron chi connectivity index (χ1n) is 8.24. The summed E-state index contributed by atoms with van der Waals surface area (Å²) in [6.45, 7) is -0.223. The minimum absolute atomic E-state index is 0.223. The summed E-state index contributed by atoms with van der Waals surface area (Å²) in [5, 5.41) is 14.0. The number of amides is 1. The summed E-state index contributed by atoms with van der Waals surface area (Å²) in [5.41, 5.74) is 1.84. The van der Waals surface area contributed by atoms with Gasteiger partial charge in [-0.05, 0) is 24.3 Å². The maximum atomic E-state index is 12.1. The van der Waals surface area contributed by atoms with Gasteiger partial charge < -0.3 is 14.2 Å². The second-order valence-electron chi connectivity index (χ2n) is 5.55. The molecule has 0 aliphatic heterocycles. The molecule has 1 N–H and O–H groups in total. The Bertz CT molecular complexity index is 1030. The molecule has 1 heterocycles. The SMILES string of the molecule is COc1ccc(-c2csc(NC(=O)COc3ccccc3C#N)n2)c(OC)c1. The van der Waals surface area contributed by atoms with E-state index in [1.165, 1.54) is 11.3 Å². The van der Waals surface area contributed by atoms with Gasteiger partial charge in [-0.1, -0.05) is 12.1 Å². The number of rotatable bonds is 7. The standard InChI is InChI=1S/C20H17N3O4S/c1-25-14-7-8-15(18(9-14)26-2)16-12-28-20(22-16)23-19(24)11-27-17-6-4-3-5-13(17)10-21/h3-9,12H,11H2,1-2H3,(H,22,23,24). The van der Waals surface area contributed by atoms with Crippen LogP contribution in [-0.2, 0) is 4.79 Å². The van der Waals surface area contributed by atoms with Crippen molar-refractivity contribution in [1.29, 1.82) is 5.26 Å². The van der Waals surface area contributed by atoms with Gasteiger partial charge in [-0.15, -0.1) is 11.3 Å². The number of benzene rings is 2. The van der Waals surface area contributed by atoms with Gasteiger partial charge in [0.05, 0.1) is 25.5 Å². The van der Waals surface area contributed by atoms with E-state index >= 15 is 0 Å². The van der Waals surface area contributed by atoms with Gasteiger partial charge in [0, 0.05) is 17.0 Å². The highest BCUT2D eigenvalue weighted by atomic mass is 32.1. The molecule has 28 heavy (non-hydrogen) atoms. The normalized spacial score (nSPS) is 10.0. The molecule has 0 aliphatic carbocycles. The lowest BCUT2D eigenvalue weighted by Gasteiger charge is -2.08. The summed E-state index contributed by atoms with van der Waals surface area (Å²) in [6, 6.07) is 14.2. The Labute approximate surface area is 166 Å². The number of para-hydroxylation sites is 1. The molecule has 2 aromatic carbocycles. The van der Waals surface area contributed by atoms with Crippen molar-refractivity contribution in [3.63, 3.8) is 0 Å². The van der Waals surface area contributed by atoms with Crippen molar-refractivity contribution in [3.8, 4) is 34.6 Å². The van der Waals surface area contributed by atoms with E-state index in [0.29, 0.717) is 33.6 Å². The number of thiazole rings is 1. The van der Waals surface area contributed by atoms with Crippen LogP contribution in [0.2, 0.25) is 0 Å². The fourth-order valence-corrected chi connectivity index (χ4v) is 3.18. The lowest BCUT2D eigenvalue weighted by molar-refractivity contribution is -0.118. The molecule has 8 heteroatoms. The average Bonchev–Trinajstić information content (AvgIpc) is 3.19. The van der Waals surface area contributed by atoms with E-state index < -0.39 is 0 Å². The number of nitriles is 1. The van der Waals surface area contributed by atoms with E-state index in [-0.39, 0.29) is 12.5 Å². The van der Waals surface area contributed by atoms with E-state index in [9.17, 15) is 4.79 Å². The van der Waals surface area contributed by atoms with E-state index in [2.05, 4.69) is 10.3 Å². The molecule has 0 saturated carbocycles. The van der Waals surface area contributed by atoms with Crippen LogP contribution in [-0.4, -0.2) is 31.7 Å². The summed E-state index contributed by atoms with van der Waals surface area (Å²) in [6.07, 6.45) is 0. The molecule has 1 amide bonds. The third kappa shape index (κ3) is 4.39. The van der Waals surface area contributed by atoms with Crippen molar-refractivity contribution in [3.05, 3.63) is 53.4 Å². The number of methoxy groups -OCH3 is 2. The lowest BCUT2D eigenvalue weighted by Crippen LogP contribution is -2.20. The Morgan fingerprint density at radius 1 is 1.18 bits per heavy atom. The Hall–Kier alpha value is -3.57. The zero-order valence-electron chi connectivity index (χ0n) is 15.3. The largest absolute Gasteiger partial charge is 0.497 e. The zero-order valence-corrected chi connectivity index (χ0v) is 16.1. The van der Waals surface area contributed by atoms with Crippen molar-refractivity contribution in [2.24, 2.45) is 0 Å². The van der Waals surface area contributed by atoms with Gasteiger partial charge in [0.15, 0.2) is 11.7 Å². The Morgan fingerprint density at radius 3 is 2.75 bits per heavy atom. The Kier molecular flexibility index (Phi) is 6.09. The molecule has 0 saturated heterocycles. The summed E-state index contributed by atoms with van der Waals surface area (Å²) in [5.74, 6) is 1.30. The monoisotopic (exact) mass is 395 g/mol. The van der Waals surface area contributed by atoms with Gasteiger partial charge in [0.2, 0.25) is 0 Å². The molecule has 0 aliphatic rings. The third-order valence-corrected chi connectivity index (χ3v) is 4.56. The predicted octanol–water partition coefficient (Wildman–Crippen LogP) is 3.72. The topological polar surface area (TPSA) is 93.5 Å². The van der Waals surface area contributed by atoms with Gasteiger partial charge >= 0.3 is 0 Å². The molecule has 0 fully saturated rings. The molecule has 0 unspecified atom stereocenters. The number of carbonyl (C=O) groups excluding carboxylic acids is 1. The van der Waals surface area contributed by atoms with Gasteiger partial charge in [0.25, 0.3) is 5.91 Å². The van der Waals surface area contributed by atoms with E-state index in [1.54, 1.807) is 44.6 Å². The van der Waals surface area contributed by atoms with Crippen LogP contribution in [0.5, 0.6) is 17.2 Å².